The number of nitrogens with two attached hydrogens (primary N) is 1. The highest BCUT2D eigenvalue weighted by Gasteiger charge is 2.15. The largest absolute Gasteiger partial charge is 0.469 e. The molecule has 0 saturated carbocycles. The summed E-state index contributed by atoms with van der Waals surface area (Å²) < 4.78 is 5.42. The van der Waals surface area contributed by atoms with E-state index in [1.54, 1.807) is 6.26 Å². The van der Waals surface area contributed by atoms with Crippen LogP contribution in [0.2, 0.25) is 0 Å². The Bertz CT molecular complexity index is 473. The van der Waals surface area contributed by atoms with Crippen molar-refractivity contribution < 1.29 is 4.42 Å². The predicted octanol–water partition coefficient (Wildman–Crippen LogP) is 3.20. The van der Waals surface area contributed by atoms with Crippen molar-refractivity contribution in [1.29, 1.82) is 0 Å². The molecule has 84 valence electrons. The molecule has 16 heavy (non-hydrogen) atoms. The highest BCUT2D eigenvalue weighted by Crippen LogP contribution is 2.26. The molecular weight excluding hydrogens is 198 g/mol. The molecule has 1 heterocycles. The van der Waals surface area contributed by atoms with Gasteiger partial charge < -0.3 is 10.2 Å². The maximum absolute atomic E-state index is 6.28. The van der Waals surface area contributed by atoms with Crippen LogP contribution in [-0.4, -0.2) is 0 Å². The van der Waals surface area contributed by atoms with Crippen molar-refractivity contribution in [3.8, 4) is 0 Å². The van der Waals surface area contributed by atoms with E-state index in [4.69, 9.17) is 10.2 Å². The molecule has 2 rings (SSSR count). The Morgan fingerprint density at radius 3 is 2.62 bits per heavy atom. The van der Waals surface area contributed by atoms with E-state index in [0.29, 0.717) is 0 Å². The summed E-state index contributed by atoms with van der Waals surface area (Å²) in [5, 5.41) is 0. The third kappa shape index (κ3) is 1.89. The van der Waals surface area contributed by atoms with Crippen LogP contribution in [0.3, 0.4) is 0 Å². The third-order valence-electron chi connectivity index (χ3n) is 2.96. The zero-order valence-corrected chi connectivity index (χ0v) is 9.73. The third-order valence-corrected chi connectivity index (χ3v) is 2.96. The van der Waals surface area contributed by atoms with Gasteiger partial charge in [0.15, 0.2) is 0 Å². The Morgan fingerprint density at radius 1 is 1.19 bits per heavy atom. The first-order valence-electron chi connectivity index (χ1n) is 5.61. The molecule has 0 aliphatic carbocycles. The average molecular weight is 215 g/mol. The molecule has 2 nitrogen and oxygen atoms in total. The molecule has 1 unspecified atom stereocenters. The highest BCUT2D eigenvalue weighted by atomic mass is 16.3. The molecule has 1 aromatic carbocycles. The zero-order chi connectivity index (χ0) is 11.5. The first-order valence-corrected chi connectivity index (χ1v) is 5.61. The van der Waals surface area contributed by atoms with E-state index < -0.39 is 0 Å². The van der Waals surface area contributed by atoms with Crippen LogP contribution in [0.25, 0.3) is 0 Å². The lowest BCUT2D eigenvalue weighted by molar-refractivity contribution is 0.509. The van der Waals surface area contributed by atoms with Crippen molar-refractivity contribution >= 4 is 0 Å². The van der Waals surface area contributed by atoms with Crippen molar-refractivity contribution in [2.24, 2.45) is 5.73 Å². The van der Waals surface area contributed by atoms with E-state index in [-0.39, 0.29) is 6.04 Å². The van der Waals surface area contributed by atoms with E-state index >= 15 is 0 Å². The zero-order valence-electron chi connectivity index (χ0n) is 9.73. The minimum atomic E-state index is -0.0881. The summed E-state index contributed by atoms with van der Waals surface area (Å²) in [5.74, 6) is 0.982. The number of hydrogen-bond donors (Lipinski definition) is 1. The van der Waals surface area contributed by atoms with Gasteiger partial charge in [-0.15, -0.1) is 0 Å². The van der Waals surface area contributed by atoms with Gasteiger partial charge in [-0.05, 0) is 24.1 Å². The van der Waals surface area contributed by atoms with Gasteiger partial charge in [0.1, 0.15) is 5.76 Å². The lowest BCUT2D eigenvalue weighted by Crippen LogP contribution is -2.13. The quantitative estimate of drug-likeness (QED) is 0.854. The SMILES string of the molecule is CCc1occc1C(N)c1ccccc1C. The predicted molar refractivity (Wildman–Crippen MR) is 65.3 cm³/mol. The second-order valence-electron chi connectivity index (χ2n) is 3.99. The van der Waals surface area contributed by atoms with Crippen LogP contribution >= 0.6 is 0 Å². The van der Waals surface area contributed by atoms with Crippen LogP contribution in [0.4, 0.5) is 0 Å². The maximum atomic E-state index is 6.28. The summed E-state index contributed by atoms with van der Waals surface area (Å²) in [4.78, 5) is 0. The van der Waals surface area contributed by atoms with Gasteiger partial charge in [0, 0.05) is 12.0 Å². The van der Waals surface area contributed by atoms with Gasteiger partial charge in [-0.1, -0.05) is 31.2 Å². The molecule has 1 atom stereocenters. The topological polar surface area (TPSA) is 39.2 Å². The summed E-state index contributed by atoms with van der Waals surface area (Å²) in [7, 11) is 0. The molecule has 0 aliphatic rings. The van der Waals surface area contributed by atoms with Gasteiger partial charge in [-0.3, -0.25) is 0 Å². The van der Waals surface area contributed by atoms with E-state index in [9.17, 15) is 0 Å². The van der Waals surface area contributed by atoms with Crippen LogP contribution in [0, 0.1) is 6.92 Å². The molecule has 0 bridgehead atoms. The molecule has 1 aromatic heterocycles. The van der Waals surface area contributed by atoms with Gasteiger partial charge in [-0.25, -0.2) is 0 Å². The normalized spacial score (nSPS) is 12.7. The first kappa shape index (κ1) is 11.0. The lowest BCUT2D eigenvalue weighted by atomic mass is 9.95. The summed E-state index contributed by atoms with van der Waals surface area (Å²) in [6.45, 7) is 4.16. The maximum Gasteiger partial charge on any atom is 0.108 e. The first-order chi connectivity index (χ1) is 7.74. The smallest absolute Gasteiger partial charge is 0.108 e. The Balaban J connectivity index is 2.39. The van der Waals surface area contributed by atoms with Crippen molar-refractivity contribution in [1.82, 2.24) is 0 Å². The fraction of sp³-hybridized carbons (Fsp3) is 0.286. The van der Waals surface area contributed by atoms with Crippen molar-refractivity contribution in [2.45, 2.75) is 26.3 Å². The molecule has 0 saturated heterocycles. The summed E-state index contributed by atoms with van der Waals surface area (Å²) in [6.07, 6.45) is 2.59. The molecule has 2 heteroatoms. The van der Waals surface area contributed by atoms with Gasteiger partial charge in [0.2, 0.25) is 0 Å². The van der Waals surface area contributed by atoms with Crippen LogP contribution in [0.15, 0.2) is 41.0 Å². The number of rotatable bonds is 3. The number of benzene rings is 1. The van der Waals surface area contributed by atoms with E-state index in [0.717, 1.165) is 17.7 Å². The fourth-order valence-electron chi connectivity index (χ4n) is 2.02. The molecule has 0 radical (unpaired) electrons. The van der Waals surface area contributed by atoms with Crippen molar-refractivity contribution in [3.63, 3.8) is 0 Å². The van der Waals surface area contributed by atoms with E-state index in [1.165, 1.54) is 11.1 Å². The van der Waals surface area contributed by atoms with E-state index in [2.05, 4.69) is 26.0 Å². The Morgan fingerprint density at radius 2 is 1.94 bits per heavy atom. The van der Waals surface area contributed by atoms with Crippen LogP contribution in [-0.2, 0) is 6.42 Å². The second kappa shape index (κ2) is 4.54. The van der Waals surface area contributed by atoms with Gasteiger partial charge >= 0.3 is 0 Å². The second-order valence-corrected chi connectivity index (χ2v) is 3.99. The monoisotopic (exact) mass is 215 g/mol. The van der Waals surface area contributed by atoms with E-state index in [1.807, 2.05) is 18.2 Å². The average Bonchev–Trinajstić information content (AvgIpc) is 2.77. The number of hydrogen-bond acceptors (Lipinski definition) is 2. The number of aryl methyl sites for hydroxylation is 2. The van der Waals surface area contributed by atoms with Crippen LogP contribution in [0.1, 0.15) is 35.4 Å². The Kier molecular flexibility index (Phi) is 3.11. The summed E-state index contributed by atoms with van der Waals surface area (Å²) in [6, 6.07) is 10.1. The standard InChI is InChI=1S/C14H17NO/c1-3-13-12(8-9-16-13)14(15)11-7-5-4-6-10(11)2/h4-9,14H,3,15H2,1-2H3. The molecule has 0 aliphatic heterocycles. The summed E-state index contributed by atoms with van der Waals surface area (Å²) >= 11 is 0. The fourth-order valence-corrected chi connectivity index (χ4v) is 2.02. The Labute approximate surface area is 96.1 Å². The molecule has 2 N–H and O–H groups in total. The summed E-state index contributed by atoms with van der Waals surface area (Å²) in [5.41, 5.74) is 9.76. The Hall–Kier alpha value is -1.54. The minimum Gasteiger partial charge on any atom is -0.469 e. The van der Waals surface area contributed by atoms with Crippen LogP contribution < -0.4 is 5.73 Å². The van der Waals surface area contributed by atoms with Gasteiger partial charge in [0.05, 0.1) is 12.3 Å². The van der Waals surface area contributed by atoms with Crippen molar-refractivity contribution in [3.05, 3.63) is 59.0 Å². The molecular formula is C14H17NO. The lowest BCUT2D eigenvalue weighted by Gasteiger charge is -2.14. The van der Waals surface area contributed by atoms with Gasteiger partial charge in [0.25, 0.3) is 0 Å². The van der Waals surface area contributed by atoms with Crippen molar-refractivity contribution in [2.75, 3.05) is 0 Å². The van der Waals surface area contributed by atoms with Gasteiger partial charge in [-0.2, -0.15) is 0 Å². The molecule has 0 amide bonds. The molecule has 0 spiro atoms. The number of furan rings is 1. The minimum absolute atomic E-state index is 0.0881. The van der Waals surface area contributed by atoms with Crippen LogP contribution in [0.5, 0.6) is 0 Å². The molecule has 0 fully saturated rings. The highest BCUT2D eigenvalue weighted by molar-refractivity contribution is 5.37. The molecule has 2 aromatic rings.